The maximum Gasteiger partial charge on any atom is 0.135 e. The number of hydrogen-bond donors (Lipinski definition) is 0. The molecule has 0 N–H and O–H groups in total. The number of carbonyl (C=O) groups excluding carboxylic acids is 1. The van der Waals surface area contributed by atoms with Crippen molar-refractivity contribution >= 4 is 5.78 Å². The number of ketones is 1. The summed E-state index contributed by atoms with van der Waals surface area (Å²) in [5.41, 5.74) is 0.159. The van der Waals surface area contributed by atoms with Crippen molar-refractivity contribution in [2.45, 2.75) is 39.2 Å². The fourth-order valence-corrected chi connectivity index (χ4v) is 2.61. The van der Waals surface area contributed by atoms with Gasteiger partial charge in [0, 0.05) is 32.0 Å². The van der Waals surface area contributed by atoms with Crippen LogP contribution in [-0.2, 0) is 4.79 Å². The summed E-state index contributed by atoms with van der Waals surface area (Å²) in [5, 5.41) is 0. The van der Waals surface area contributed by atoms with E-state index in [9.17, 15) is 4.79 Å². The highest BCUT2D eigenvalue weighted by atomic mass is 16.1. The van der Waals surface area contributed by atoms with Crippen LogP contribution < -0.4 is 0 Å². The Labute approximate surface area is 86.0 Å². The summed E-state index contributed by atoms with van der Waals surface area (Å²) in [6, 6.07) is 0.433. The third-order valence-electron chi connectivity index (χ3n) is 3.53. The van der Waals surface area contributed by atoms with Gasteiger partial charge in [0.05, 0.1) is 0 Å². The largest absolute Gasteiger partial charge is 0.300 e. The second-order valence-electron chi connectivity index (χ2n) is 5.06. The average molecular weight is 193 g/mol. The molecule has 0 spiro atoms. The molecule has 78 valence electrons. The number of fused-ring (bicyclic) bond motifs is 1. The van der Waals surface area contributed by atoms with E-state index in [1.807, 2.05) is 0 Å². The standard InChI is InChI=1S/C12H19NO/c1-12(2)6-3-4-7-13-8-5-10(14)9-11(12)13/h3,6,11H,4-5,7-9H2,1-2H3. The lowest BCUT2D eigenvalue weighted by Gasteiger charge is -2.41. The monoisotopic (exact) mass is 193 g/mol. The zero-order chi connectivity index (χ0) is 10.2. The van der Waals surface area contributed by atoms with E-state index in [1.54, 1.807) is 0 Å². The Morgan fingerprint density at radius 1 is 1.43 bits per heavy atom. The molecule has 0 bridgehead atoms. The first-order valence-electron chi connectivity index (χ1n) is 5.53. The number of nitrogens with zero attached hydrogens (tertiary/aromatic N) is 1. The molecule has 2 heteroatoms. The van der Waals surface area contributed by atoms with Crippen LogP contribution >= 0.6 is 0 Å². The van der Waals surface area contributed by atoms with E-state index in [4.69, 9.17) is 0 Å². The summed E-state index contributed by atoms with van der Waals surface area (Å²) >= 11 is 0. The third kappa shape index (κ3) is 1.76. The van der Waals surface area contributed by atoms with E-state index < -0.39 is 0 Å². The number of piperidine rings is 1. The van der Waals surface area contributed by atoms with Gasteiger partial charge in [-0.3, -0.25) is 9.69 Å². The molecule has 1 saturated heterocycles. The van der Waals surface area contributed by atoms with E-state index in [0.717, 1.165) is 32.4 Å². The summed E-state index contributed by atoms with van der Waals surface area (Å²) in [5.74, 6) is 0.439. The van der Waals surface area contributed by atoms with Gasteiger partial charge in [0.25, 0.3) is 0 Å². The molecule has 14 heavy (non-hydrogen) atoms. The summed E-state index contributed by atoms with van der Waals surface area (Å²) in [6.07, 6.45) is 7.19. The van der Waals surface area contributed by atoms with Gasteiger partial charge in [0.2, 0.25) is 0 Å². The van der Waals surface area contributed by atoms with Crippen LogP contribution in [0.25, 0.3) is 0 Å². The Hall–Kier alpha value is -0.630. The Bertz CT molecular complexity index is 267. The molecule has 2 aliphatic heterocycles. The van der Waals surface area contributed by atoms with E-state index in [0.29, 0.717) is 11.8 Å². The SMILES string of the molecule is CC1(C)C=CCCN2CCC(=O)CC21. The molecule has 2 aliphatic rings. The second kappa shape index (κ2) is 3.50. The van der Waals surface area contributed by atoms with Crippen LogP contribution in [0.15, 0.2) is 12.2 Å². The number of hydrogen-bond acceptors (Lipinski definition) is 2. The third-order valence-corrected chi connectivity index (χ3v) is 3.53. The first-order chi connectivity index (χ1) is 6.59. The van der Waals surface area contributed by atoms with Crippen LogP contribution in [0.4, 0.5) is 0 Å². The molecule has 0 amide bonds. The van der Waals surface area contributed by atoms with Crippen LogP contribution in [0.1, 0.15) is 33.1 Å². The number of rotatable bonds is 0. The van der Waals surface area contributed by atoms with Gasteiger partial charge in [0.15, 0.2) is 0 Å². The van der Waals surface area contributed by atoms with Gasteiger partial charge in [-0.15, -0.1) is 0 Å². The molecule has 0 aliphatic carbocycles. The molecule has 1 unspecified atom stereocenters. The Kier molecular flexibility index (Phi) is 2.48. The van der Waals surface area contributed by atoms with E-state index in [1.165, 1.54) is 0 Å². The summed E-state index contributed by atoms with van der Waals surface area (Å²) in [7, 11) is 0. The maximum absolute atomic E-state index is 11.5. The van der Waals surface area contributed by atoms with Crippen molar-refractivity contribution in [1.29, 1.82) is 0 Å². The molecule has 2 rings (SSSR count). The van der Waals surface area contributed by atoms with Gasteiger partial charge < -0.3 is 0 Å². The fraction of sp³-hybridized carbons (Fsp3) is 0.750. The van der Waals surface area contributed by atoms with Gasteiger partial charge in [-0.2, -0.15) is 0 Å². The van der Waals surface area contributed by atoms with Crippen LogP contribution in [-0.4, -0.2) is 29.8 Å². The fourth-order valence-electron chi connectivity index (χ4n) is 2.61. The lowest BCUT2D eigenvalue weighted by atomic mass is 9.79. The predicted octanol–water partition coefficient (Wildman–Crippen LogP) is 2.01. The smallest absolute Gasteiger partial charge is 0.135 e. The summed E-state index contributed by atoms with van der Waals surface area (Å²) in [4.78, 5) is 14.0. The molecule has 0 saturated carbocycles. The van der Waals surface area contributed by atoms with Crippen molar-refractivity contribution in [2.24, 2.45) is 5.41 Å². The molecule has 0 radical (unpaired) electrons. The van der Waals surface area contributed by atoms with Crippen LogP contribution in [0.5, 0.6) is 0 Å². The van der Waals surface area contributed by atoms with Crippen molar-refractivity contribution in [3.63, 3.8) is 0 Å². The van der Waals surface area contributed by atoms with Crippen LogP contribution in [0, 0.1) is 5.41 Å². The minimum absolute atomic E-state index is 0.159. The molecule has 0 aromatic carbocycles. The Morgan fingerprint density at radius 2 is 2.21 bits per heavy atom. The van der Waals surface area contributed by atoms with Crippen molar-refractivity contribution in [2.75, 3.05) is 13.1 Å². The molecule has 0 aromatic heterocycles. The van der Waals surface area contributed by atoms with Crippen LogP contribution in [0.3, 0.4) is 0 Å². The van der Waals surface area contributed by atoms with Gasteiger partial charge in [0.1, 0.15) is 5.78 Å². The predicted molar refractivity (Wildman–Crippen MR) is 57.1 cm³/mol. The van der Waals surface area contributed by atoms with Crippen molar-refractivity contribution in [3.8, 4) is 0 Å². The first-order valence-corrected chi connectivity index (χ1v) is 5.53. The first kappa shape index (κ1) is 9.91. The van der Waals surface area contributed by atoms with Gasteiger partial charge in [-0.25, -0.2) is 0 Å². The minimum atomic E-state index is 0.159. The Balaban J connectivity index is 2.22. The van der Waals surface area contributed by atoms with Gasteiger partial charge >= 0.3 is 0 Å². The van der Waals surface area contributed by atoms with E-state index in [-0.39, 0.29) is 5.41 Å². The zero-order valence-corrected chi connectivity index (χ0v) is 9.12. The maximum atomic E-state index is 11.5. The molecule has 0 aromatic rings. The van der Waals surface area contributed by atoms with Crippen molar-refractivity contribution in [1.82, 2.24) is 4.90 Å². The molecule has 1 fully saturated rings. The lowest BCUT2D eigenvalue weighted by molar-refractivity contribution is -0.124. The minimum Gasteiger partial charge on any atom is -0.300 e. The number of carbonyl (C=O) groups is 1. The molecular weight excluding hydrogens is 174 g/mol. The summed E-state index contributed by atoms with van der Waals surface area (Å²) in [6.45, 7) is 6.57. The van der Waals surface area contributed by atoms with E-state index in [2.05, 4.69) is 30.9 Å². The zero-order valence-electron chi connectivity index (χ0n) is 9.12. The number of Topliss-reactive ketones (excluding diaryl/α,β-unsaturated/α-hetero) is 1. The molecule has 1 atom stereocenters. The van der Waals surface area contributed by atoms with Crippen molar-refractivity contribution < 1.29 is 4.79 Å². The lowest BCUT2D eigenvalue weighted by Crippen LogP contribution is -2.49. The molecular formula is C12H19NO. The highest BCUT2D eigenvalue weighted by Gasteiger charge is 2.37. The molecule has 2 nitrogen and oxygen atoms in total. The van der Waals surface area contributed by atoms with Gasteiger partial charge in [-0.05, 0) is 11.8 Å². The quantitative estimate of drug-likeness (QED) is 0.548. The normalized spacial score (nSPS) is 32.4. The summed E-state index contributed by atoms with van der Waals surface area (Å²) < 4.78 is 0. The average Bonchev–Trinajstić information content (AvgIpc) is 2.26. The van der Waals surface area contributed by atoms with E-state index >= 15 is 0 Å². The second-order valence-corrected chi connectivity index (χ2v) is 5.06. The highest BCUT2D eigenvalue weighted by molar-refractivity contribution is 5.80. The molecule has 2 heterocycles. The van der Waals surface area contributed by atoms with Crippen LogP contribution in [0.2, 0.25) is 0 Å². The van der Waals surface area contributed by atoms with Gasteiger partial charge in [-0.1, -0.05) is 26.0 Å². The highest BCUT2D eigenvalue weighted by Crippen LogP contribution is 2.34. The van der Waals surface area contributed by atoms with Crippen molar-refractivity contribution in [3.05, 3.63) is 12.2 Å². The Morgan fingerprint density at radius 3 is 3.00 bits per heavy atom. The topological polar surface area (TPSA) is 20.3 Å².